The summed E-state index contributed by atoms with van der Waals surface area (Å²) in [6.45, 7) is 4.25. The number of nitrogens with one attached hydrogen (secondary N) is 1. The normalized spacial score (nSPS) is 21.0. The van der Waals surface area contributed by atoms with Gasteiger partial charge in [-0.3, -0.25) is 14.3 Å². The number of hydrogen-bond donors (Lipinski definition) is 1. The Hall–Kier alpha value is -2.78. The largest absolute Gasteiger partial charge is 0.447 e. The van der Waals surface area contributed by atoms with Crippen LogP contribution in [0.25, 0.3) is 0 Å². The molecule has 1 aromatic heterocycles. The summed E-state index contributed by atoms with van der Waals surface area (Å²) in [6.07, 6.45) is -2.06. The summed E-state index contributed by atoms with van der Waals surface area (Å²) in [7, 11) is 0. The predicted molar refractivity (Wildman–Crippen MR) is 102 cm³/mol. The van der Waals surface area contributed by atoms with Crippen LogP contribution in [0.4, 0.5) is 18.0 Å². The van der Waals surface area contributed by atoms with E-state index in [1.807, 2.05) is 6.92 Å². The molecule has 1 saturated heterocycles. The van der Waals surface area contributed by atoms with Gasteiger partial charge in [0.1, 0.15) is 31.1 Å². The van der Waals surface area contributed by atoms with Crippen molar-refractivity contribution in [3.63, 3.8) is 0 Å². The molecule has 0 spiro atoms. The Balaban J connectivity index is 2.21. The Morgan fingerprint density at radius 2 is 2.13 bits per heavy atom. The fourth-order valence-electron chi connectivity index (χ4n) is 3.15. The third-order valence-corrected chi connectivity index (χ3v) is 4.65. The number of ether oxygens (including phenoxy) is 3. The lowest BCUT2D eigenvalue weighted by Gasteiger charge is -2.22. The van der Waals surface area contributed by atoms with Crippen LogP contribution in [0, 0.1) is 12.3 Å². The molecule has 0 aliphatic carbocycles. The average molecular weight is 447 g/mol. The molecule has 2 rings (SSSR count). The molecule has 12 heteroatoms. The van der Waals surface area contributed by atoms with Crippen molar-refractivity contribution in [2.75, 3.05) is 26.3 Å². The Morgan fingerprint density at radius 1 is 1.42 bits per heavy atom. The van der Waals surface area contributed by atoms with E-state index in [9.17, 15) is 27.6 Å². The molecule has 1 fully saturated rings. The summed E-state index contributed by atoms with van der Waals surface area (Å²) in [4.78, 5) is 38.9. The number of H-pyrrole nitrogens is 1. The lowest BCUT2D eigenvalue weighted by molar-refractivity contribution is -0.139. The third-order valence-electron chi connectivity index (χ3n) is 4.65. The summed E-state index contributed by atoms with van der Waals surface area (Å²) < 4.78 is 56.2. The Bertz CT molecular complexity index is 920. The number of hydrogen-bond acceptors (Lipinski definition) is 6. The van der Waals surface area contributed by atoms with Crippen molar-refractivity contribution in [1.29, 1.82) is 0 Å². The van der Waals surface area contributed by atoms with Gasteiger partial charge in [0.15, 0.2) is 0 Å². The van der Waals surface area contributed by atoms with Crippen LogP contribution in [-0.2, 0) is 20.4 Å². The molecule has 2 heterocycles. The molecule has 1 aliphatic rings. The van der Waals surface area contributed by atoms with Crippen LogP contribution in [0.1, 0.15) is 38.5 Å². The van der Waals surface area contributed by atoms with E-state index >= 15 is 0 Å². The maximum Gasteiger partial charge on any atom is 0.423 e. The van der Waals surface area contributed by atoms with Crippen LogP contribution in [0.15, 0.2) is 15.8 Å². The minimum Gasteiger partial charge on any atom is -0.447 e. The zero-order chi connectivity index (χ0) is 23.2. The maximum absolute atomic E-state index is 13.1. The van der Waals surface area contributed by atoms with Gasteiger partial charge >= 0.3 is 18.0 Å². The second kappa shape index (κ2) is 10.5. The lowest BCUT2D eigenvalue weighted by Crippen LogP contribution is -2.37. The van der Waals surface area contributed by atoms with Crippen molar-refractivity contribution in [3.05, 3.63) is 32.6 Å². The summed E-state index contributed by atoms with van der Waals surface area (Å²) in [6, 6.07) is 0. The van der Waals surface area contributed by atoms with Gasteiger partial charge in [0.05, 0.1) is 6.10 Å². The number of amides is 1. The number of terminal acetylenes is 1. The molecule has 0 saturated carbocycles. The Kier molecular flexibility index (Phi) is 8.29. The quantitative estimate of drug-likeness (QED) is 0.609. The first-order valence-electron chi connectivity index (χ1n) is 9.67. The molecule has 0 unspecified atom stereocenters. The second-order valence-electron chi connectivity index (χ2n) is 6.78. The van der Waals surface area contributed by atoms with E-state index in [2.05, 4.69) is 5.92 Å². The van der Waals surface area contributed by atoms with E-state index in [4.69, 9.17) is 20.6 Å². The van der Waals surface area contributed by atoms with Crippen molar-refractivity contribution in [2.45, 2.75) is 51.3 Å². The van der Waals surface area contributed by atoms with Crippen LogP contribution in [-0.4, -0.2) is 59.1 Å². The summed E-state index contributed by atoms with van der Waals surface area (Å²) >= 11 is 0. The number of halogens is 3. The van der Waals surface area contributed by atoms with Crippen LogP contribution in [0.5, 0.6) is 0 Å². The van der Waals surface area contributed by atoms with Gasteiger partial charge < -0.3 is 19.1 Å². The molecular weight excluding hydrogens is 423 g/mol. The van der Waals surface area contributed by atoms with Crippen molar-refractivity contribution < 1.29 is 32.2 Å². The van der Waals surface area contributed by atoms with E-state index < -0.39 is 47.5 Å². The molecular formula is C19H24F3N3O6. The van der Waals surface area contributed by atoms with Gasteiger partial charge in [-0.05, 0) is 13.3 Å². The number of aromatic nitrogens is 2. The first kappa shape index (κ1) is 24.5. The fourth-order valence-corrected chi connectivity index (χ4v) is 3.15. The first-order valence-corrected chi connectivity index (χ1v) is 9.67. The van der Waals surface area contributed by atoms with Gasteiger partial charge in [-0.25, -0.2) is 9.59 Å². The topological polar surface area (TPSA) is 103 Å². The highest BCUT2D eigenvalue weighted by molar-refractivity contribution is 5.67. The Morgan fingerprint density at radius 3 is 2.71 bits per heavy atom. The van der Waals surface area contributed by atoms with Crippen molar-refractivity contribution >= 4 is 6.09 Å². The van der Waals surface area contributed by atoms with E-state index in [0.29, 0.717) is 23.9 Å². The molecule has 9 nitrogen and oxygen atoms in total. The van der Waals surface area contributed by atoms with Gasteiger partial charge in [0, 0.05) is 25.7 Å². The maximum atomic E-state index is 13.1. The highest BCUT2D eigenvalue weighted by Gasteiger charge is 2.40. The van der Waals surface area contributed by atoms with Gasteiger partial charge in [0.25, 0.3) is 5.56 Å². The highest BCUT2D eigenvalue weighted by Crippen LogP contribution is 2.32. The van der Waals surface area contributed by atoms with Gasteiger partial charge in [0.2, 0.25) is 0 Å². The SMILES string of the molecule is C#CCO[C@H]1C[C@H](n2cc(C(F)(F)F)c(=O)[nH]c2=O)O[C@@H]1COC(=O)N(CC)CCC. The van der Waals surface area contributed by atoms with E-state index in [0.717, 1.165) is 6.42 Å². The van der Waals surface area contributed by atoms with Gasteiger partial charge in [-0.2, -0.15) is 13.2 Å². The first-order chi connectivity index (χ1) is 14.6. The fraction of sp³-hybridized carbons (Fsp3) is 0.632. The molecule has 172 valence electrons. The molecule has 0 radical (unpaired) electrons. The number of nitrogens with zero attached hydrogens (tertiary/aromatic N) is 2. The number of carbonyl (C=O) groups is 1. The number of rotatable bonds is 8. The van der Waals surface area contributed by atoms with Crippen molar-refractivity contribution in [2.24, 2.45) is 0 Å². The average Bonchev–Trinajstić information content (AvgIpc) is 3.10. The van der Waals surface area contributed by atoms with Crippen LogP contribution < -0.4 is 11.2 Å². The summed E-state index contributed by atoms with van der Waals surface area (Å²) in [5.74, 6) is 2.27. The zero-order valence-electron chi connectivity index (χ0n) is 17.1. The van der Waals surface area contributed by atoms with Crippen molar-refractivity contribution in [1.82, 2.24) is 14.5 Å². The molecule has 1 N–H and O–H groups in total. The number of alkyl halides is 3. The minimum atomic E-state index is -4.96. The highest BCUT2D eigenvalue weighted by atomic mass is 19.4. The smallest absolute Gasteiger partial charge is 0.423 e. The molecule has 0 bridgehead atoms. The molecule has 3 atom stereocenters. The standard InChI is InChI=1S/C19H24F3N3O6/c1-4-7-24(6-3)18(28)30-11-14-13(29-8-5-2)9-15(31-14)25-10-12(19(20,21)22)16(26)23-17(25)27/h2,10,13-15H,4,6-9,11H2,1,3H3,(H,23,26,27)/t13-,14+,15+/m0/s1. The monoisotopic (exact) mass is 447 g/mol. The van der Waals surface area contributed by atoms with Crippen LogP contribution in [0.2, 0.25) is 0 Å². The van der Waals surface area contributed by atoms with E-state index in [-0.39, 0.29) is 19.6 Å². The van der Waals surface area contributed by atoms with Crippen LogP contribution >= 0.6 is 0 Å². The number of carbonyl (C=O) groups excluding carboxylic acids is 1. The molecule has 1 aromatic rings. The van der Waals surface area contributed by atoms with E-state index in [1.54, 1.807) is 11.9 Å². The summed E-state index contributed by atoms with van der Waals surface area (Å²) in [5.41, 5.74) is -4.16. The van der Waals surface area contributed by atoms with Crippen LogP contribution in [0.3, 0.4) is 0 Å². The summed E-state index contributed by atoms with van der Waals surface area (Å²) in [5, 5.41) is 0. The lowest BCUT2D eigenvalue weighted by atomic mass is 10.2. The third kappa shape index (κ3) is 6.11. The van der Waals surface area contributed by atoms with Gasteiger partial charge in [-0.15, -0.1) is 6.42 Å². The molecule has 0 aromatic carbocycles. The van der Waals surface area contributed by atoms with E-state index in [1.165, 1.54) is 4.90 Å². The molecule has 1 amide bonds. The minimum absolute atomic E-state index is 0.0421. The molecule has 31 heavy (non-hydrogen) atoms. The Labute approximate surface area is 176 Å². The zero-order valence-corrected chi connectivity index (χ0v) is 17.1. The second-order valence-corrected chi connectivity index (χ2v) is 6.78. The number of aromatic amines is 1. The van der Waals surface area contributed by atoms with Gasteiger partial charge in [-0.1, -0.05) is 12.8 Å². The van der Waals surface area contributed by atoms with Crippen molar-refractivity contribution in [3.8, 4) is 12.3 Å². The molecule has 1 aliphatic heterocycles. The predicted octanol–water partition coefficient (Wildman–Crippen LogP) is 1.73.